The average Bonchev–Trinajstić information content (AvgIpc) is 2.81. The molecule has 1 N–H and O–H groups in total. The molecule has 8 heteroatoms. The minimum Gasteiger partial charge on any atom is -0.482 e. The van der Waals surface area contributed by atoms with E-state index in [1.807, 2.05) is 24.3 Å². The maximum atomic E-state index is 14.3. The molecule has 1 aliphatic rings. The molecule has 1 amide bonds. The molecule has 1 unspecified atom stereocenters. The van der Waals surface area contributed by atoms with Crippen molar-refractivity contribution in [3.8, 4) is 11.5 Å². The van der Waals surface area contributed by atoms with E-state index in [2.05, 4.69) is 0 Å². The largest absolute Gasteiger partial charge is 0.482 e. The van der Waals surface area contributed by atoms with Gasteiger partial charge in [-0.25, -0.2) is 13.6 Å². The van der Waals surface area contributed by atoms with Crippen LogP contribution < -0.4 is 9.47 Å². The number of benzene rings is 3. The number of carbonyl (C=O) groups is 2. The van der Waals surface area contributed by atoms with E-state index < -0.39 is 42.8 Å². The summed E-state index contributed by atoms with van der Waals surface area (Å²) in [6.07, 6.45) is 0.568. The molecule has 3 aromatic rings. The van der Waals surface area contributed by atoms with Gasteiger partial charge in [0.15, 0.2) is 24.8 Å². The molecule has 0 spiro atoms. The Labute approximate surface area is 189 Å². The van der Waals surface area contributed by atoms with Crippen LogP contribution in [0, 0.1) is 11.6 Å². The molecule has 4 rings (SSSR count). The molecule has 3 aromatic carbocycles. The van der Waals surface area contributed by atoms with Crippen molar-refractivity contribution < 1.29 is 33.0 Å². The number of nitrogens with zero attached hydrogens (tertiary/aromatic N) is 1. The van der Waals surface area contributed by atoms with Gasteiger partial charge >= 0.3 is 5.97 Å². The first-order chi connectivity index (χ1) is 15.9. The Morgan fingerprint density at radius 1 is 0.909 bits per heavy atom. The number of halogens is 2. The van der Waals surface area contributed by atoms with Gasteiger partial charge in [-0.2, -0.15) is 0 Å². The van der Waals surface area contributed by atoms with Gasteiger partial charge in [-0.3, -0.25) is 4.79 Å². The highest BCUT2D eigenvalue weighted by Gasteiger charge is 2.34. The fourth-order valence-corrected chi connectivity index (χ4v) is 3.96. The molecule has 1 heterocycles. The van der Waals surface area contributed by atoms with Crippen molar-refractivity contribution in [1.29, 1.82) is 0 Å². The number of carbonyl (C=O) groups excluding carboxylic acids is 1. The van der Waals surface area contributed by atoms with Gasteiger partial charge in [0.1, 0.15) is 11.6 Å². The van der Waals surface area contributed by atoms with Crippen LogP contribution in [0.25, 0.3) is 0 Å². The lowest BCUT2D eigenvalue weighted by Crippen LogP contribution is -2.43. The Morgan fingerprint density at radius 3 is 2.42 bits per heavy atom. The van der Waals surface area contributed by atoms with Gasteiger partial charge in [0, 0.05) is 12.1 Å². The van der Waals surface area contributed by atoms with Crippen LogP contribution in [0.15, 0.2) is 66.7 Å². The molecule has 0 saturated carbocycles. The quantitative estimate of drug-likeness (QED) is 0.586. The SMILES string of the molecule is O=C(O)COc1ccc(F)cc1C1c2ccccc2CCN1C(=O)COc1ccccc1F. The summed E-state index contributed by atoms with van der Waals surface area (Å²) < 4.78 is 39.0. The fraction of sp³-hybridized carbons (Fsp3) is 0.200. The standard InChI is InChI=1S/C25H21F2NO5/c26-17-9-10-21(33-15-24(30)31)19(13-17)25-18-6-2-1-5-16(18)11-12-28(25)23(29)14-32-22-8-4-3-7-20(22)27/h1-10,13,25H,11-12,14-15H2,(H,30,31). The zero-order chi connectivity index (χ0) is 23.4. The van der Waals surface area contributed by atoms with Crippen LogP contribution in [0.5, 0.6) is 11.5 Å². The third-order valence-corrected chi connectivity index (χ3v) is 5.41. The summed E-state index contributed by atoms with van der Waals surface area (Å²) in [7, 11) is 0. The van der Waals surface area contributed by atoms with Crippen molar-refractivity contribution in [2.24, 2.45) is 0 Å². The van der Waals surface area contributed by atoms with Crippen LogP contribution >= 0.6 is 0 Å². The first-order valence-corrected chi connectivity index (χ1v) is 10.3. The van der Waals surface area contributed by atoms with Crippen LogP contribution in [-0.2, 0) is 16.0 Å². The number of hydrogen-bond acceptors (Lipinski definition) is 4. The van der Waals surface area contributed by atoms with E-state index in [-0.39, 0.29) is 11.5 Å². The molecule has 0 aliphatic carbocycles. The van der Waals surface area contributed by atoms with Crippen molar-refractivity contribution in [2.75, 3.05) is 19.8 Å². The third-order valence-electron chi connectivity index (χ3n) is 5.41. The van der Waals surface area contributed by atoms with Crippen molar-refractivity contribution in [3.63, 3.8) is 0 Å². The summed E-state index contributed by atoms with van der Waals surface area (Å²) in [5.41, 5.74) is 2.08. The normalized spacial score (nSPS) is 15.0. The summed E-state index contributed by atoms with van der Waals surface area (Å²) in [5, 5.41) is 9.02. The van der Waals surface area contributed by atoms with E-state index in [0.29, 0.717) is 18.5 Å². The number of rotatable bonds is 7. The predicted molar refractivity (Wildman–Crippen MR) is 115 cm³/mol. The van der Waals surface area contributed by atoms with Gasteiger partial charge in [-0.15, -0.1) is 0 Å². The Balaban J connectivity index is 1.69. The van der Waals surface area contributed by atoms with E-state index in [0.717, 1.165) is 11.1 Å². The van der Waals surface area contributed by atoms with Crippen LogP contribution in [0.1, 0.15) is 22.7 Å². The van der Waals surface area contributed by atoms with Crippen LogP contribution in [0.2, 0.25) is 0 Å². The Hall–Kier alpha value is -3.94. The summed E-state index contributed by atoms with van der Waals surface area (Å²) in [4.78, 5) is 25.7. The van der Waals surface area contributed by atoms with Gasteiger partial charge in [-0.1, -0.05) is 36.4 Å². The molecular weight excluding hydrogens is 432 g/mol. The lowest BCUT2D eigenvalue weighted by atomic mass is 9.87. The number of fused-ring (bicyclic) bond motifs is 1. The minimum absolute atomic E-state index is 0.0453. The lowest BCUT2D eigenvalue weighted by molar-refractivity contribution is -0.139. The van der Waals surface area contributed by atoms with E-state index in [9.17, 15) is 18.4 Å². The predicted octanol–water partition coefficient (Wildman–Crippen LogP) is 3.98. The summed E-state index contributed by atoms with van der Waals surface area (Å²) in [6.45, 7) is -0.715. The zero-order valence-electron chi connectivity index (χ0n) is 17.5. The highest BCUT2D eigenvalue weighted by Crippen LogP contribution is 2.39. The summed E-state index contributed by atoms with van der Waals surface area (Å²) >= 11 is 0. The lowest BCUT2D eigenvalue weighted by Gasteiger charge is -2.38. The highest BCUT2D eigenvalue weighted by atomic mass is 19.1. The van der Waals surface area contributed by atoms with E-state index in [1.165, 1.54) is 41.3 Å². The molecule has 33 heavy (non-hydrogen) atoms. The number of hydrogen-bond donors (Lipinski definition) is 1. The molecule has 0 radical (unpaired) electrons. The second-order valence-electron chi connectivity index (χ2n) is 7.52. The Bertz CT molecular complexity index is 1180. The maximum Gasteiger partial charge on any atom is 0.341 e. The average molecular weight is 453 g/mol. The van der Waals surface area contributed by atoms with Crippen LogP contribution in [0.3, 0.4) is 0 Å². The minimum atomic E-state index is -1.18. The first kappa shape index (κ1) is 22.3. The topological polar surface area (TPSA) is 76.1 Å². The molecule has 0 fully saturated rings. The fourth-order valence-electron chi connectivity index (χ4n) is 3.96. The van der Waals surface area contributed by atoms with Gasteiger partial charge in [0.05, 0.1) is 6.04 Å². The molecule has 0 bridgehead atoms. The number of para-hydroxylation sites is 1. The van der Waals surface area contributed by atoms with Crippen molar-refractivity contribution in [2.45, 2.75) is 12.5 Å². The summed E-state index contributed by atoms with van der Waals surface area (Å²) in [5.74, 6) is -2.62. The van der Waals surface area contributed by atoms with Gasteiger partial charge in [0.25, 0.3) is 5.91 Å². The zero-order valence-corrected chi connectivity index (χ0v) is 17.5. The molecule has 1 atom stereocenters. The van der Waals surface area contributed by atoms with Crippen molar-refractivity contribution in [1.82, 2.24) is 4.90 Å². The van der Waals surface area contributed by atoms with E-state index in [4.69, 9.17) is 14.6 Å². The monoisotopic (exact) mass is 453 g/mol. The number of amides is 1. The second kappa shape index (κ2) is 9.68. The van der Waals surface area contributed by atoms with Crippen molar-refractivity contribution in [3.05, 3.63) is 95.1 Å². The Kier molecular flexibility index (Phi) is 6.53. The van der Waals surface area contributed by atoms with Crippen molar-refractivity contribution >= 4 is 11.9 Å². The number of ether oxygens (including phenoxy) is 2. The Morgan fingerprint density at radius 2 is 1.64 bits per heavy atom. The van der Waals surface area contributed by atoms with Crippen LogP contribution in [-0.4, -0.2) is 41.6 Å². The second-order valence-corrected chi connectivity index (χ2v) is 7.52. The molecule has 0 saturated heterocycles. The number of carboxylic acids is 1. The number of carboxylic acid groups (broad SMARTS) is 1. The summed E-state index contributed by atoms with van der Waals surface area (Å²) in [6, 6.07) is 16.3. The third kappa shape index (κ3) is 4.95. The number of aliphatic carboxylic acids is 1. The van der Waals surface area contributed by atoms with Gasteiger partial charge in [-0.05, 0) is 47.9 Å². The van der Waals surface area contributed by atoms with Gasteiger partial charge < -0.3 is 19.5 Å². The smallest absolute Gasteiger partial charge is 0.341 e. The van der Waals surface area contributed by atoms with E-state index >= 15 is 0 Å². The molecule has 170 valence electrons. The molecule has 0 aromatic heterocycles. The first-order valence-electron chi connectivity index (χ1n) is 10.3. The van der Waals surface area contributed by atoms with Crippen LogP contribution in [0.4, 0.5) is 8.78 Å². The highest BCUT2D eigenvalue weighted by molar-refractivity contribution is 5.79. The maximum absolute atomic E-state index is 14.3. The molecule has 6 nitrogen and oxygen atoms in total. The molecule has 1 aliphatic heterocycles. The van der Waals surface area contributed by atoms with E-state index in [1.54, 1.807) is 6.07 Å². The van der Waals surface area contributed by atoms with Gasteiger partial charge in [0.2, 0.25) is 0 Å². The molecular formula is C25H21F2NO5.